The first-order valence-electron chi connectivity index (χ1n) is 5.87. The fraction of sp³-hybridized carbons (Fsp3) is 0.308. The molecule has 0 atom stereocenters. The van der Waals surface area contributed by atoms with Gasteiger partial charge in [0.15, 0.2) is 0 Å². The van der Waals surface area contributed by atoms with Crippen LogP contribution in [0.5, 0.6) is 5.75 Å². The van der Waals surface area contributed by atoms with Crippen molar-refractivity contribution >= 4 is 10.1 Å². The lowest BCUT2D eigenvalue weighted by atomic mass is 10.0. The van der Waals surface area contributed by atoms with Crippen LogP contribution in [0.4, 0.5) is 0 Å². The Morgan fingerprint density at radius 2 is 2.11 bits per heavy atom. The van der Waals surface area contributed by atoms with Crippen molar-refractivity contribution in [3.63, 3.8) is 0 Å². The minimum atomic E-state index is -3.72. The van der Waals surface area contributed by atoms with E-state index in [0.717, 1.165) is 5.56 Å². The van der Waals surface area contributed by atoms with Crippen molar-refractivity contribution in [3.05, 3.63) is 47.9 Å². The molecular weight excluding hydrogens is 266 g/mol. The lowest BCUT2D eigenvalue weighted by Crippen LogP contribution is -2.12. The molecule has 0 spiro atoms. The second-order valence-electron chi connectivity index (χ2n) is 4.50. The molecule has 2 aromatic rings. The third kappa shape index (κ3) is 3.82. The third-order valence-electron chi connectivity index (χ3n) is 2.56. The number of nitrogens with zero attached hydrogens (tertiary/aromatic N) is 1. The highest BCUT2D eigenvalue weighted by molar-refractivity contribution is 7.86. The Morgan fingerprint density at radius 3 is 2.74 bits per heavy atom. The largest absolute Gasteiger partial charge is 0.382 e. The predicted octanol–water partition coefficient (Wildman–Crippen LogP) is 2.71. The molecule has 1 aromatic carbocycles. The minimum absolute atomic E-state index is 0.307. The maximum absolute atomic E-state index is 11.8. The Kier molecular flexibility index (Phi) is 3.90. The van der Waals surface area contributed by atoms with Crippen molar-refractivity contribution in [2.75, 3.05) is 0 Å². The molecule has 0 aliphatic carbocycles. The van der Waals surface area contributed by atoms with E-state index < -0.39 is 10.1 Å². The molecule has 2 rings (SSSR count). The van der Waals surface area contributed by atoms with E-state index >= 15 is 0 Å². The minimum Gasteiger partial charge on any atom is -0.382 e. The van der Waals surface area contributed by atoms with Crippen LogP contribution in [-0.4, -0.2) is 13.6 Å². The van der Waals surface area contributed by atoms with Gasteiger partial charge in [-0.1, -0.05) is 31.1 Å². The van der Waals surface area contributed by atoms with Gasteiger partial charge in [0.1, 0.15) is 23.5 Å². The van der Waals surface area contributed by atoms with E-state index in [1.807, 2.05) is 19.9 Å². The molecule has 1 heterocycles. The van der Waals surface area contributed by atoms with Crippen molar-refractivity contribution < 1.29 is 17.1 Å². The van der Waals surface area contributed by atoms with Gasteiger partial charge in [0.2, 0.25) is 0 Å². The summed E-state index contributed by atoms with van der Waals surface area (Å²) in [6.45, 7) is 4.06. The molecule has 0 unspecified atom stereocenters. The lowest BCUT2D eigenvalue weighted by Gasteiger charge is -2.09. The van der Waals surface area contributed by atoms with Gasteiger partial charge in [-0.2, -0.15) is 8.42 Å². The maximum atomic E-state index is 11.8. The monoisotopic (exact) mass is 281 g/mol. The van der Waals surface area contributed by atoms with Crippen molar-refractivity contribution in [3.8, 4) is 5.75 Å². The van der Waals surface area contributed by atoms with E-state index in [1.165, 1.54) is 12.3 Å². The van der Waals surface area contributed by atoms with Crippen LogP contribution in [0.3, 0.4) is 0 Å². The van der Waals surface area contributed by atoms with Gasteiger partial charge in [0, 0.05) is 6.07 Å². The molecule has 0 aliphatic heterocycles. The van der Waals surface area contributed by atoms with Gasteiger partial charge >= 0.3 is 10.1 Å². The van der Waals surface area contributed by atoms with Crippen LogP contribution in [0.25, 0.3) is 0 Å². The molecule has 0 fully saturated rings. The molecule has 0 bridgehead atoms. The maximum Gasteiger partial charge on any atom is 0.315 e. The number of aromatic nitrogens is 1. The van der Waals surface area contributed by atoms with E-state index in [2.05, 4.69) is 9.68 Å². The van der Waals surface area contributed by atoms with Gasteiger partial charge in [0.05, 0.1) is 0 Å². The zero-order valence-corrected chi connectivity index (χ0v) is 11.6. The topological polar surface area (TPSA) is 69.4 Å². The molecule has 0 amide bonds. The zero-order chi connectivity index (χ0) is 13.9. The van der Waals surface area contributed by atoms with Crippen LogP contribution < -0.4 is 4.18 Å². The van der Waals surface area contributed by atoms with Gasteiger partial charge in [-0.15, -0.1) is 0 Å². The van der Waals surface area contributed by atoms with E-state index in [1.54, 1.807) is 18.2 Å². The smallest absolute Gasteiger partial charge is 0.315 e. The number of hydrogen-bond donors (Lipinski definition) is 0. The summed E-state index contributed by atoms with van der Waals surface area (Å²) in [7, 11) is -3.72. The van der Waals surface area contributed by atoms with E-state index in [-0.39, 0.29) is 5.75 Å². The van der Waals surface area contributed by atoms with Gasteiger partial charge in [-0.25, -0.2) is 0 Å². The fourth-order valence-corrected chi connectivity index (χ4v) is 2.56. The van der Waals surface area contributed by atoms with E-state index in [4.69, 9.17) is 4.18 Å². The first-order chi connectivity index (χ1) is 8.96. The van der Waals surface area contributed by atoms with Crippen LogP contribution >= 0.6 is 0 Å². The van der Waals surface area contributed by atoms with Crippen LogP contribution in [0.1, 0.15) is 31.0 Å². The van der Waals surface area contributed by atoms with Gasteiger partial charge in [-0.3, -0.25) is 0 Å². The zero-order valence-electron chi connectivity index (χ0n) is 10.7. The van der Waals surface area contributed by atoms with Gasteiger partial charge in [0.25, 0.3) is 0 Å². The highest BCUT2D eigenvalue weighted by atomic mass is 32.2. The standard InChI is InChI=1S/C13H15NO4S/c1-10(2)11-4-3-5-13(8-11)18-19(15,16)9-12-6-7-17-14-12/h3-8,10H,9H2,1-2H3. The van der Waals surface area contributed by atoms with Crippen LogP contribution in [0.15, 0.2) is 41.1 Å². The highest BCUT2D eigenvalue weighted by Gasteiger charge is 2.16. The van der Waals surface area contributed by atoms with Crippen LogP contribution in [0.2, 0.25) is 0 Å². The molecule has 0 saturated carbocycles. The molecule has 6 heteroatoms. The summed E-state index contributed by atoms with van der Waals surface area (Å²) in [6, 6.07) is 8.54. The molecule has 0 radical (unpaired) electrons. The van der Waals surface area contributed by atoms with Crippen LogP contribution in [-0.2, 0) is 15.9 Å². The lowest BCUT2D eigenvalue weighted by molar-refractivity contribution is 0.412. The van der Waals surface area contributed by atoms with E-state index in [9.17, 15) is 8.42 Å². The molecule has 0 saturated heterocycles. The average molecular weight is 281 g/mol. The summed E-state index contributed by atoms with van der Waals surface area (Å²) in [5, 5.41) is 3.55. The SMILES string of the molecule is CC(C)c1cccc(OS(=O)(=O)Cc2ccon2)c1. The summed E-state index contributed by atoms with van der Waals surface area (Å²) in [5.74, 6) is 0.312. The van der Waals surface area contributed by atoms with Crippen molar-refractivity contribution in [1.82, 2.24) is 5.16 Å². The number of hydrogen-bond acceptors (Lipinski definition) is 5. The quantitative estimate of drug-likeness (QED) is 0.788. The first-order valence-corrected chi connectivity index (χ1v) is 7.45. The second kappa shape index (κ2) is 5.44. The Morgan fingerprint density at radius 1 is 1.32 bits per heavy atom. The molecule has 19 heavy (non-hydrogen) atoms. The predicted molar refractivity (Wildman–Crippen MR) is 70.3 cm³/mol. The third-order valence-corrected chi connectivity index (χ3v) is 3.66. The molecule has 1 aromatic heterocycles. The fourth-order valence-electron chi connectivity index (χ4n) is 1.59. The van der Waals surface area contributed by atoms with E-state index in [0.29, 0.717) is 17.4 Å². The normalized spacial score (nSPS) is 11.7. The Labute approximate surface area is 112 Å². The average Bonchev–Trinajstić information content (AvgIpc) is 2.80. The van der Waals surface area contributed by atoms with Crippen molar-refractivity contribution in [2.24, 2.45) is 0 Å². The van der Waals surface area contributed by atoms with Gasteiger partial charge < -0.3 is 8.71 Å². The Balaban J connectivity index is 2.14. The summed E-state index contributed by atoms with van der Waals surface area (Å²) < 4.78 is 33.3. The van der Waals surface area contributed by atoms with Crippen molar-refractivity contribution in [1.29, 1.82) is 0 Å². The molecule has 0 N–H and O–H groups in total. The highest BCUT2D eigenvalue weighted by Crippen LogP contribution is 2.22. The summed E-state index contributed by atoms with van der Waals surface area (Å²) in [6.07, 6.45) is 1.32. The van der Waals surface area contributed by atoms with Crippen molar-refractivity contribution in [2.45, 2.75) is 25.5 Å². The Bertz CT molecular complexity index is 632. The number of rotatable bonds is 5. The first kappa shape index (κ1) is 13.6. The molecule has 5 nitrogen and oxygen atoms in total. The number of benzene rings is 1. The Hall–Kier alpha value is -1.82. The summed E-state index contributed by atoms with van der Waals surface area (Å²) in [4.78, 5) is 0. The second-order valence-corrected chi connectivity index (χ2v) is 6.07. The summed E-state index contributed by atoms with van der Waals surface area (Å²) >= 11 is 0. The molecular formula is C13H15NO4S. The van der Waals surface area contributed by atoms with Crippen LogP contribution in [0, 0.1) is 0 Å². The molecule has 102 valence electrons. The van der Waals surface area contributed by atoms with Gasteiger partial charge in [-0.05, 0) is 23.6 Å². The summed E-state index contributed by atoms with van der Waals surface area (Å²) in [5.41, 5.74) is 1.34. The molecule has 0 aliphatic rings.